The van der Waals surface area contributed by atoms with Gasteiger partial charge < -0.3 is 12.5 Å². The second-order valence-corrected chi connectivity index (χ2v) is 6.99. The molecular formula is C20H25N2O3SY-. The molecule has 1 aliphatic heterocycles. The van der Waals surface area contributed by atoms with Gasteiger partial charge >= 0.3 is 0 Å². The maximum absolute atomic E-state index is 13.0. The fourth-order valence-corrected chi connectivity index (χ4v) is 4.40. The Balaban J connectivity index is 0.00000164. The van der Waals surface area contributed by atoms with Gasteiger partial charge in [0.25, 0.3) is 10.0 Å². The summed E-state index contributed by atoms with van der Waals surface area (Å²) in [6.45, 7) is 9.50. The molecule has 7 heteroatoms. The summed E-state index contributed by atoms with van der Waals surface area (Å²) in [4.78, 5) is 4.02. The standard InChI is InChI=1S/C17H16N2O3S.C2H6.CH3.Y/c1-3-11-19-17-14(9-6-10-18-17)15(20)16(23(19,21)22)13-8-5-4-7-12(13)2;1-2;;/h3-10,20H,1,11H2,2H3;1-2H3;1H3;/q;;-1;. The van der Waals surface area contributed by atoms with E-state index in [0.29, 0.717) is 11.1 Å². The van der Waals surface area contributed by atoms with Gasteiger partial charge in [-0.2, -0.15) is 0 Å². The molecule has 1 aromatic carbocycles. The van der Waals surface area contributed by atoms with E-state index < -0.39 is 10.0 Å². The van der Waals surface area contributed by atoms with Crippen LogP contribution in [-0.2, 0) is 42.7 Å². The molecule has 0 aliphatic carbocycles. The van der Waals surface area contributed by atoms with Crippen molar-refractivity contribution in [3.8, 4) is 0 Å². The first-order chi connectivity index (χ1) is 12.0. The minimum atomic E-state index is -3.94. The third-order valence-electron chi connectivity index (χ3n) is 3.73. The van der Waals surface area contributed by atoms with E-state index in [4.69, 9.17) is 0 Å². The van der Waals surface area contributed by atoms with Gasteiger partial charge in [0, 0.05) is 44.5 Å². The fourth-order valence-electron chi connectivity index (χ4n) is 2.65. The Morgan fingerprint density at radius 1 is 1.15 bits per heavy atom. The molecule has 0 atom stereocenters. The number of anilines is 1. The Morgan fingerprint density at radius 3 is 2.33 bits per heavy atom. The van der Waals surface area contributed by atoms with Gasteiger partial charge in [-0.15, -0.1) is 6.58 Å². The summed E-state index contributed by atoms with van der Waals surface area (Å²) in [6.07, 6.45) is 2.99. The van der Waals surface area contributed by atoms with E-state index in [2.05, 4.69) is 11.6 Å². The first-order valence-electron chi connectivity index (χ1n) is 8.06. The van der Waals surface area contributed by atoms with Gasteiger partial charge in [0.05, 0.1) is 12.1 Å². The third kappa shape index (κ3) is 4.68. The molecule has 1 aliphatic rings. The minimum absolute atomic E-state index is 0. The van der Waals surface area contributed by atoms with Crippen LogP contribution in [0.1, 0.15) is 30.5 Å². The van der Waals surface area contributed by atoms with Crippen LogP contribution >= 0.6 is 0 Å². The van der Waals surface area contributed by atoms with E-state index in [0.717, 1.165) is 9.87 Å². The first kappa shape index (κ1) is 25.5. The molecule has 143 valence electrons. The van der Waals surface area contributed by atoms with Gasteiger partial charge in [-0.05, 0) is 24.6 Å². The second-order valence-electron chi connectivity index (χ2n) is 5.19. The number of nitrogens with zero attached hydrogens (tertiary/aromatic N) is 2. The molecule has 1 N–H and O–H groups in total. The van der Waals surface area contributed by atoms with Crippen LogP contribution in [0.5, 0.6) is 0 Å². The van der Waals surface area contributed by atoms with Crippen LogP contribution in [0.15, 0.2) is 55.3 Å². The summed E-state index contributed by atoms with van der Waals surface area (Å²) >= 11 is 0. The maximum Gasteiger partial charge on any atom is 0.270 e. The van der Waals surface area contributed by atoms with Crippen LogP contribution in [0.3, 0.4) is 0 Å². The number of rotatable bonds is 3. The Hall–Kier alpha value is -1.50. The molecule has 0 spiro atoms. The molecule has 0 fully saturated rings. The van der Waals surface area contributed by atoms with Crippen LogP contribution < -0.4 is 4.31 Å². The van der Waals surface area contributed by atoms with E-state index in [-0.39, 0.29) is 63.2 Å². The van der Waals surface area contributed by atoms with Gasteiger partial charge in [-0.25, -0.2) is 17.7 Å². The number of sulfonamides is 1. The predicted molar refractivity (Wildman–Crippen MR) is 109 cm³/mol. The topological polar surface area (TPSA) is 70.5 Å². The number of pyridine rings is 1. The molecule has 5 nitrogen and oxygen atoms in total. The summed E-state index contributed by atoms with van der Waals surface area (Å²) in [6, 6.07) is 10.4. The van der Waals surface area contributed by atoms with Crippen molar-refractivity contribution in [2.45, 2.75) is 20.8 Å². The Bertz CT molecular complexity index is 924. The van der Waals surface area contributed by atoms with Crippen molar-refractivity contribution in [2.24, 2.45) is 0 Å². The fraction of sp³-hybridized carbons (Fsp3) is 0.200. The summed E-state index contributed by atoms with van der Waals surface area (Å²) in [7, 11) is -3.94. The smallest absolute Gasteiger partial charge is 0.270 e. The Kier molecular flexibility index (Phi) is 10.1. The number of hydrogen-bond acceptors (Lipinski definition) is 4. The SMILES string of the molecule is C=CCN1c2ncccc2C(O)=C(c2ccccc2C)S1(=O)=O.CC.[CH3-].[Y]. The van der Waals surface area contributed by atoms with E-state index in [1.807, 2.05) is 32.9 Å². The van der Waals surface area contributed by atoms with Crippen molar-refractivity contribution in [3.05, 3.63) is 79.4 Å². The predicted octanol–water partition coefficient (Wildman–Crippen LogP) is 4.58. The first-order valence-corrected chi connectivity index (χ1v) is 9.50. The van der Waals surface area contributed by atoms with Crippen LogP contribution in [0.2, 0.25) is 0 Å². The summed E-state index contributed by atoms with van der Waals surface area (Å²) in [5.41, 5.74) is 1.64. The van der Waals surface area contributed by atoms with Gasteiger partial charge in [0.1, 0.15) is 10.7 Å². The van der Waals surface area contributed by atoms with E-state index in [1.54, 1.807) is 24.3 Å². The third-order valence-corrected chi connectivity index (χ3v) is 5.56. The van der Waals surface area contributed by atoms with E-state index in [1.165, 1.54) is 12.3 Å². The number of hydrogen-bond donors (Lipinski definition) is 1. The van der Waals surface area contributed by atoms with Crippen molar-refractivity contribution < 1.29 is 46.2 Å². The molecule has 0 saturated carbocycles. The van der Waals surface area contributed by atoms with Crippen LogP contribution in [0.25, 0.3) is 10.7 Å². The van der Waals surface area contributed by atoms with Crippen molar-refractivity contribution in [3.63, 3.8) is 0 Å². The zero-order valence-corrected chi connectivity index (χ0v) is 19.8. The molecule has 27 heavy (non-hydrogen) atoms. The van der Waals surface area contributed by atoms with Crippen molar-refractivity contribution >= 4 is 26.5 Å². The molecule has 0 bridgehead atoms. The number of benzene rings is 1. The number of aromatic nitrogens is 1. The summed E-state index contributed by atoms with van der Waals surface area (Å²) in [5.74, 6) is -0.0649. The Morgan fingerprint density at radius 2 is 1.74 bits per heavy atom. The molecule has 1 aromatic heterocycles. The number of aryl methyl sites for hydroxylation is 1. The average Bonchev–Trinajstić information content (AvgIpc) is 2.62. The van der Waals surface area contributed by atoms with Gasteiger partial charge in [-0.3, -0.25) is 0 Å². The van der Waals surface area contributed by atoms with Gasteiger partial charge in [0.15, 0.2) is 5.82 Å². The maximum atomic E-state index is 13.0. The Labute approximate surface area is 187 Å². The molecule has 0 unspecified atom stereocenters. The summed E-state index contributed by atoms with van der Waals surface area (Å²) < 4.78 is 27.3. The molecular weight excluding hydrogens is 437 g/mol. The quantitative estimate of drug-likeness (QED) is 0.536. The molecule has 0 saturated heterocycles. The minimum Gasteiger partial charge on any atom is -0.506 e. The van der Waals surface area contributed by atoms with Crippen molar-refractivity contribution in [1.82, 2.24) is 4.98 Å². The van der Waals surface area contributed by atoms with E-state index >= 15 is 0 Å². The molecule has 0 amide bonds. The number of aliphatic hydroxyl groups excluding tert-OH is 1. The van der Waals surface area contributed by atoms with Crippen LogP contribution in [-0.4, -0.2) is 25.1 Å². The normalized spacial score (nSPS) is 14.0. The van der Waals surface area contributed by atoms with E-state index in [9.17, 15) is 13.5 Å². The largest absolute Gasteiger partial charge is 0.506 e. The summed E-state index contributed by atoms with van der Waals surface area (Å²) in [5, 5.41) is 10.6. The van der Waals surface area contributed by atoms with Crippen LogP contribution in [0, 0.1) is 14.4 Å². The van der Waals surface area contributed by atoms with Crippen molar-refractivity contribution in [2.75, 3.05) is 10.8 Å². The van der Waals surface area contributed by atoms with Gasteiger partial charge in [0.2, 0.25) is 0 Å². The number of fused-ring (bicyclic) bond motifs is 1. The zero-order chi connectivity index (χ0) is 18.6. The monoisotopic (exact) mass is 462 g/mol. The molecule has 2 heterocycles. The molecule has 1 radical (unpaired) electrons. The second kappa shape index (κ2) is 10.7. The molecule has 2 aromatic rings. The van der Waals surface area contributed by atoms with Crippen molar-refractivity contribution in [1.29, 1.82) is 0 Å². The van der Waals surface area contributed by atoms with Crippen LogP contribution in [0.4, 0.5) is 5.82 Å². The average molecular weight is 462 g/mol. The number of aliphatic hydroxyl groups is 1. The molecule has 3 rings (SSSR count). The zero-order valence-electron chi connectivity index (χ0n) is 16.2. The van der Waals surface area contributed by atoms with Gasteiger partial charge in [-0.1, -0.05) is 44.2 Å².